The molecular formula is C19H22N2O2S. The topological polar surface area (TPSA) is 43.3 Å². The number of nitrogens with zero attached hydrogens (tertiary/aromatic N) is 1. The van der Waals surface area contributed by atoms with Gasteiger partial charge in [0, 0.05) is 13.1 Å². The van der Waals surface area contributed by atoms with Crippen molar-refractivity contribution in [1.82, 2.24) is 9.88 Å². The molecule has 0 radical (unpaired) electrons. The van der Waals surface area contributed by atoms with Gasteiger partial charge in [0.2, 0.25) is 0 Å². The maximum Gasteiger partial charge on any atom is 0.267 e. The Morgan fingerprint density at radius 2 is 2.12 bits per heavy atom. The van der Waals surface area contributed by atoms with Gasteiger partial charge < -0.3 is 14.6 Å². The van der Waals surface area contributed by atoms with E-state index in [2.05, 4.69) is 41.2 Å². The summed E-state index contributed by atoms with van der Waals surface area (Å²) in [5.41, 5.74) is 2.91. The number of fused-ring (bicyclic) bond motifs is 1. The summed E-state index contributed by atoms with van der Waals surface area (Å²) < 4.78 is 8.51. The first-order valence-electron chi connectivity index (χ1n) is 8.06. The summed E-state index contributed by atoms with van der Waals surface area (Å²) in [4.78, 5) is 12.6. The Hall–Kier alpha value is -2.27. The first-order valence-corrected chi connectivity index (χ1v) is 8.94. The lowest BCUT2D eigenvalue weighted by Gasteiger charge is -2.12. The lowest BCUT2D eigenvalue weighted by Crippen LogP contribution is -2.29. The third-order valence-corrected chi connectivity index (χ3v) is 4.75. The number of benzene rings is 1. The van der Waals surface area contributed by atoms with Crippen molar-refractivity contribution in [2.24, 2.45) is 5.92 Å². The van der Waals surface area contributed by atoms with Crippen LogP contribution in [0.5, 0.6) is 5.75 Å². The van der Waals surface area contributed by atoms with E-state index in [9.17, 15) is 4.79 Å². The molecule has 2 heterocycles. The van der Waals surface area contributed by atoms with Gasteiger partial charge in [-0.3, -0.25) is 4.79 Å². The molecule has 126 valence electrons. The Labute approximate surface area is 146 Å². The van der Waals surface area contributed by atoms with Crippen molar-refractivity contribution in [3.05, 3.63) is 53.0 Å². The van der Waals surface area contributed by atoms with E-state index in [4.69, 9.17) is 4.74 Å². The highest BCUT2D eigenvalue weighted by molar-refractivity contribution is 7.17. The van der Waals surface area contributed by atoms with E-state index in [1.165, 1.54) is 0 Å². The van der Waals surface area contributed by atoms with E-state index in [1.54, 1.807) is 18.4 Å². The Morgan fingerprint density at radius 1 is 1.29 bits per heavy atom. The number of methoxy groups -OCH3 is 1. The van der Waals surface area contributed by atoms with Crippen LogP contribution in [-0.2, 0) is 6.54 Å². The first-order chi connectivity index (χ1) is 11.6. The highest BCUT2D eigenvalue weighted by Gasteiger charge is 2.17. The largest absolute Gasteiger partial charge is 0.497 e. The highest BCUT2D eigenvalue weighted by Crippen LogP contribution is 2.27. The minimum Gasteiger partial charge on any atom is -0.497 e. The minimum atomic E-state index is -0.0185. The molecule has 0 spiro atoms. The summed E-state index contributed by atoms with van der Waals surface area (Å²) in [5.74, 6) is 1.24. The molecule has 0 unspecified atom stereocenters. The number of rotatable bonds is 6. The van der Waals surface area contributed by atoms with Gasteiger partial charge in [0.1, 0.15) is 11.4 Å². The van der Waals surface area contributed by atoms with E-state index in [0.29, 0.717) is 24.7 Å². The molecule has 1 aromatic carbocycles. The van der Waals surface area contributed by atoms with Crippen LogP contribution in [0.2, 0.25) is 0 Å². The van der Waals surface area contributed by atoms with Gasteiger partial charge in [0.05, 0.1) is 17.3 Å². The fourth-order valence-electron chi connectivity index (χ4n) is 2.68. The number of nitrogens with one attached hydrogen (secondary N) is 1. The molecule has 0 aliphatic heterocycles. The number of hydrogen-bond donors (Lipinski definition) is 1. The van der Waals surface area contributed by atoms with Crippen LogP contribution in [-0.4, -0.2) is 24.1 Å². The van der Waals surface area contributed by atoms with E-state index in [1.807, 2.05) is 24.3 Å². The molecule has 0 aliphatic carbocycles. The third kappa shape index (κ3) is 3.46. The quantitative estimate of drug-likeness (QED) is 0.731. The minimum absolute atomic E-state index is 0.0185. The number of hydrogen-bond acceptors (Lipinski definition) is 3. The van der Waals surface area contributed by atoms with Crippen LogP contribution in [0.25, 0.3) is 10.2 Å². The van der Waals surface area contributed by atoms with Crippen molar-refractivity contribution in [3.63, 3.8) is 0 Å². The third-order valence-electron chi connectivity index (χ3n) is 3.90. The second-order valence-corrected chi connectivity index (χ2v) is 7.19. The number of thiophene rings is 1. The molecule has 0 saturated carbocycles. The molecule has 0 aliphatic rings. The van der Waals surface area contributed by atoms with Crippen LogP contribution in [0.1, 0.15) is 29.9 Å². The molecule has 24 heavy (non-hydrogen) atoms. The number of carbonyl (C=O) groups is 1. The Kier molecular flexibility index (Phi) is 4.90. The van der Waals surface area contributed by atoms with Crippen LogP contribution in [0.4, 0.5) is 0 Å². The van der Waals surface area contributed by atoms with Crippen LogP contribution in [0, 0.1) is 5.92 Å². The average Bonchev–Trinajstić information content (AvgIpc) is 3.15. The highest BCUT2D eigenvalue weighted by atomic mass is 32.1. The fraction of sp³-hybridized carbons (Fsp3) is 0.316. The summed E-state index contributed by atoms with van der Waals surface area (Å²) in [6.07, 6.45) is 0. The standard InChI is InChI=1S/C19H22N2O2S/c1-13(2)11-20-19(22)17-10-18-16(7-8-24-18)21(17)12-14-5-4-6-15(9-14)23-3/h4-10,13H,11-12H2,1-3H3,(H,20,22). The fourth-order valence-corrected chi connectivity index (χ4v) is 3.50. The van der Waals surface area contributed by atoms with Crippen molar-refractivity contribution in [2.75, 3.05) is 13.7 Å². The van der Waals surface area contributed by atoms with Crippen LogP contribution in [0.15, 0.2) is 41.8 Å². The first kappa shape index (κ1) is 16.6. The van der Waals surface area contributed by atoms with Gasteiger partial charge in [-0.05, 0) is 41.1 Å². The molecular weight excluding hydrogens is 320 g/mol. The summed E-state index contributed by atoms with van der Waals surface area (Å²) >= 11 is 1.66. The lowest BCUT2D eigenvalue weighted by atomic mass is 10.2. The maximum absolute atomic E-state index is 12.6. The molecule has 1 amide bonds. The SMILES string of the molecule is COc1cccc(Cn2c(C(=O)NCC(C)C)cc3sccc32)c1. The second kappa shape index (κ2) is 7.09. The average molecular weight is 342 g/mol. The molecule has 3 aromatic rings. The normalized spacial score (nSPS) is 11.2. The second-order valence-electron chi connectivity index (χ2n) is 6.24. The van der Waals surface area contributed by atoms with E-state index in [0.717, 1.165) is 21.5 Å². The zero-order valence-electron chi connectivity index (χ0n) is 14.2. The zero-order chi connectivity index (χ0) is 17.1. The number of aromatic nitrogens is 1. The molecule has 3 rings (SSSR count). The molecule has 0 saturated heterocycles. The van der Waals surface area contributed by atoms with Gasteiger partial charge in [-0.2, -0.15) is 0 Å². The van der Waals surface area contributed by atoms with Gasteiger partial charge in [0.25, 0.3) is 5.91 Å². The van der Waals surface area contributed by atoms with E-state index < -0.39 is 0 Å². The summed E-state index contributed by atoms with van der Waals surface area (Å²) in [6.45, 7) is 5.50. The van der Waals surface area contributed by atoms with E-state index >= 15 is 0 Å². The van der Waals surface area contributed by atoms with E-state index in [-0.39, 0.29) is 5.91 Å². The molecule has 0 atom stereocenters. The van der Waals surface area contributed by atoms with Gasteiger partial charge in [0.15, 0.2) is 0 Å². The Morgan fingerprint density at radius 3 is 2.88 bits per heavy atom. The molecule has 5 heteroatoms. The number of amides is 1. The molecule has 0 bridgehead atoms. The number of carbonyl (C=O) groups excluding carboxylic acids is 1. The van der Waals surface area contributed by atoms with Crippen molar-refractivity contribution >= 4 is 27.5 Å². The molecule has 4 nitrogen and oxygen atoms in total. The van der Waals surface area contributed by atoms with Crippen LogP contribution >= 0.6 is 11.3 Å². The van der Waals surface area contributed by atoms with Gasteiger partial charge in [-0.25, -0.2) is 0 Å². The van der Waals surface area contributed by atoms with Crippen molar-refractivity contribution < 1.29 is 9.53 Å². The lowest BCUT2D eigenvalue weighted by molar-refractivity contribution is 0.0940. The summed E-state index contributed by atoms with van der Waals surface area (Å²) in [6, 6.07) is 12.0. The molecule has 2 aromatic heterocycles. The number of ether oxygens (including phenoxy) is 1. The molecule has 1 N–H and O–H groups in total. The van der Waals surface area contributed by atoms with Crippen molar-refractivity contribution in [1.29, 1.82) is 0 Å². The predicted molar refractivity (Wildman–Crippen MR) is 99.1 cm³/mol. The molecule has 0 fully saturated rings. The van der Waals surface area contributed by atoms with Gasteiger partial charge >= 0.3 is 0 Å². The maximum atomic E-state index is 12.6. The van der Waals surface area contributed by atoms with Crippen molar-refractivity contribution in [2.45, 2.75) is 20.4 Å². The van der Waals surface area contributed by atoms with Crippen LogP contribution in [0.3, 0.4) is 0 Å². The Balaban J connectivity index is 1.94. The summed E-state index contributed by atoms with van der Waals surface area (Å²) in [5, 5.41) is 5.08. The van der Waals surface area contributed by atoms with Crippen LogP contribution < -0.4 is 10.1 Å². The van der Waals surface area contributed by atoms with Crippen molar-refractivity contribution in [3.8, 4) is 5.75 Å². The summed E-state index contributed by atoms with van der Waals surface area (Å²) in [7, 11) is 1.66. The van der Waals surface area contributed by atoms with Gasteiger partial charge in [-0.15, -0.1) is 11.3 Å². The predicted octanol–water partition coefficient (Wildman–Crippen LogP) is 4.15. The van der Waals surface area contributed by atoms with Gasteiger partial charge in [-0.1, -0.05) is 26.0 Å². The Bertz CT molecular complexity index is 848. The zero-order valence-corrected chi connectivity index (χ0v) is 15.0. The monoisotopic (exact) mass is 342 g/mol. The smallest absolute Gasteiger partial charge is 0.267 e.